The molecule has 2 aromatic carbocycles. The number of ether oxygens (including phenoxy) is 2. The van der Waals surface area contributed by atoms with Crippen LogP contribution in [0.2, 0.25) is 5.15 Å². The first-order valence-electron chi connectivity index (χ1n) is 8.50. The molecule has 3 aromatic rings. The van der Waals surface area contributed by atoms with Crippen molar-refractivity contribution in [3.05, 3.63) is 64.3 Å². The minimum absolute atomic E-state index is 0.0192. The Morgan fingerprint density at radius 2 is 1.86 bits per heavy atom. The Kier molecular flexibility index (Phi) is 6.66. The molecule has 29 heavy (non-hydrogen) atoms. The SMILES string of the molecule is COc1ccc(-c2snc(Cl)c2COc2c(F)cc(CCC(=O)O)cc2F)cc1. The molecular formula is C20H16ClF2NO4S. The van der Waals surface area contributed by atoms with E-state index in [1.165, 1.54) is 0 Å². The molecule has 0 fully saturated rings. The molecule has 1 aromatic heterocycles. The van der Waals surface area contributed by atoms with Crippen LogP contribution in [0, 0.1) is 11.6 Å². The summed E-state index contributed by atoms with van der Waals surface area (Å²) in [6.45, 7) is -0.182. The number of aromatic nitrogens is 1. The molecule has 0 saturated carbocycles. The van der Waals surface area contributed by atoms with Gasteiger partial charge in [-0.2, -0.15) is 4.37 Å². The second-order valence-corrected chi connectivity index (χ2v) is 7.21. The average molecular weight is 440 g/mol. The van der Waals surface area contributed by atoms with Gasteiger partial charge in [0.25, 0.3) is 0 Å². The zero-order valence-electron chi connectivity index (χ0n) is 15.2. The maximum Gasteiger partial charge on any atom is 0.303 e. The third kappa shape index (κ3) is 5.02. The number of carboxylic acids is 1. The minimum atomic E-state index is -1.04. The highest BCUT2D eigenvalue weighted by Gasteiger charge is 2.18. The van der Waals surface area contributed by atoms with Gasteiger partial charge in [-0.1, -0.05) is 11.6 Å². The predicted octanol–water partition coefficient (Wildman–Crippen LogP) is 5.35. The Hall–Kier alpha value is -2.71. The number of aryl methyl sites for hydroxylation is 1. The summed E-state index contributed by atoms with van der Waals surface area (Å²) < 4.78 is 43.2. The largest absolute Gasteiger partial charge is 0.497 e. The van der Waals surface area contributed by atoms with Crippen LogP contribution in [0.5, 0.6) is 11.5 Å². The number of rotatable bonds is 8. The Balaban J connectivity index is 1.79. The van der Waals surface area contributed by atoms with Crippen LogP contribution < -0.4 is 9.47 Å². The lowest BCUT2D eigenvalue weighted by Gasteiger charge is -2.11. The standard InChI is InChI=1S/C20H16ClF2NO4S/c1-27-13-5-3-12(4-6-13)19-14(20(21)24-29-19)10-28-18-15(22)8-11(9-16(18)23)2-7-17(25)26/h3-6,8-9H,2,7,10H2,1H3,(H,25,26). The molecule has 1 N–H and O–H groups in total. The third-order valence-corrected chi connectivity index (χ3v) is 5.49. The summed E-state index contributed by atoms with van der Waals surface area (Å²) in [5, 5.41) is 8.89. The number of hydrogen-bond acceptors (Lipinski definition) is 5. The van der Waals surface area contributed by atoms with Gasteiger partial charge in [-0.25, -0.2) is 8.78 Å². The van der Waals surface area contributed by atoms with Crippen molar-refractivity contribution in [3.63, 3.8) is 0 Å². The van der Waals surface area contributed by atoms with Crippen molar-refractivity contribution < 1.29 is 28.2 Å². The average Bonchev–Trinajstić information content (AvgIpc) is 3.06. The fourth-order valence-corrected chi connectivity index (χ4v) is 3.77. The van der Waals surface area contributed by atoms with E-state index < -0.39 is 23.4 Å². The number of aliphatic carboxylic acids is 1. The molecule has 1 heterocycles. The number of nitrogens with zero attached hydrogens (tertiary/aromatic N) is 1. The molecule has 0 aliphatic heterocycles. The Labute approximate surface area is 174 Å². The van der Waals surface area contributed by atoms with E-state index in [-0.39, 0.29) is 30.2 Å². The van der Waals surface area contributed by atoms with Crippen molar-refractivity contribution in [3.8, 4) is 21.9 Å². The number of halogens is 3. The molecule has 3 rings (SSSR count). The van der Waals surface area contributed by atoms with Gasteiger partial charge in [0.2, 0.25) is 0 Å². The third-order valence-electron chi connectivity index (χ3n) is 4.14. The molecule has 9 heteroatoms. The van der Waals surface area contributed by atoms with Crippen LogP contribution in [0.4, 0.5) is 8.78 Å². The van der Waals surface area contributed by atoms with E-state index in [1.54, 1.807) is 19.2 Å². The maximum absolute atomic E-state index is 14.3. The highest BCUT2D eigenvalue weighted by Crippen LogP contribution is 2.35. The van der Waals surface area contributed by atoms with E-state index in [2.05, 4.69) is 4.37 Å². The lowest BCUT2D eigenvalue weighted by Crippen LogP contribution is -2.03. The lowest BCUT2D eigenvalue weighted by molar-refractivity contribution is -0.136. The number of carboxylic acid groups (broad SMARTS) is 1. The summed E-state index contributed by atoms with van der Waals surface area (Å²) in [4.78, 5) is 11.3. The maximum atomic E-state index is 14.3. The zero-order valence-corrected chi connectivity index (χ0v) is 16.8. The van der Waals surface area contributed by atoms with E-state index in [0.717, 1.165) is 34.1 Å². The fourth-order valence-electron chi connectivity index (χ4n) is 2.67. The topological polar surface area (TPSA) is 68.7 Å². The van der Waals surface area contributed by atoms with Crippen molar-refractivity contribution in [1.82, 2.24) is 4.37 Å². The van der Waals surface area contributed by atoms with Crippen LogP contribution in [0.1, 0.15) is 17.5 Å². The summed E-state index contributed by atoms with van der Waals surface area (Å²) in [6.07, 6.45) is -0.203. The number of carbonyl (C=O) groups is 1. The number of methoxy groups -OCH3 is 1. The highest BCUT2D eigenvalue weighted by molar-refractivity contribution is 7.10. The molecule has 0 radical (unpaired) electrons. The minimum Gasteiger partial charge on any atom is -0.497 e. The van der Waals surface area contributed by atoms with Crippen LogP contribution in [0.3, 0.4) is 0 Å². The summed E-state index contributed by atoms with van der Waals surface area (Å²) in [6, 6.07) is 9.35. The predicted molar refractivity (Wildman–Crippen MR) is 106 cm³/mol. The lowest BCUT2D eigenvalue weighted by atomic mass is 10.1. The normalized spacial score (nSPS) is 10.8. The van der Waals surface area contributed by atoms with Gasteiger partial charge < -0.3 is 14.6 Å². The monoisotopic (exact) mass is 439 g/mol. The number of hydrogen-bond donors (Lipinski definition) is 1. The van der Waals surface area contributed by atoms with Crippen molar-refractivity contribution in [2.75, 3.05) is 7.11 Å². The van der Waals surface area contributed by atoms with Gasteiger partial charge in [-0.15, -0.1) is 0 Å². The van der Waals surface area contributed by atoms with Gasteiger partial charge in [0.15, 0.2) is 17.4 Å². The van der Waals surface area contributed by atoms with Crippen molar-refractivity contribution in [2.24, 2.45) is 0 Å². The van der Waals surface area contributed by atoms with Crippen LogP contribution in [-0.2, 0) is 17.8 Å². The van der Waals surface area contributed by atoms with Gasteiger partial charge in [0.1, 0.15) is 17.5 Å². The summed E-state index contributed by atoms with van der Waals surface area (Å²) >= 11 is 7.30. The molecule has 0 aliphatic carbocycles. The molecule has 0 bridgehead atoms. The number of benzene rings is 2. The van der Waals surface area contributed by atoms with Gasteiger partial charge in [-0.05, 0) is 65.5 Å². The van der Waals surface area contributed by atoms with Gasteiger partial charge in [-0.3, -0.25) is 4.79 Å². The van der Waals surface area contributed by atoms with Crippen LogP contribution >= 0.6 is 23.1 Å². The quantitative estimate of drug-likeness (QED) is 0.512. The highest BCUT2D eigenvalue weighted by atomic mass is 35.5. The molecule has 0 unspecified atom stereocenters. The molecule has 0 atom stereocenters. The Morgan fingerprint density at radius 1 is 1.21 bits per heavy atom. The molecule has 0 spiro atoms. The summed E-state index contributed by atoms with van der Waals surface area (Å²) in [7, 11) is 1.56. The molecular weight excluding hydrogens is 424 g/mol. The van der Waals surface area contributed by atoms with E-state index in [1.807, 2.05) is 12.1 Å². The van der Waals surface area contributed by atoms with Crippen LogP contribution in [-0.4, -0.2) is 22.6 Å². The molecule has 152 valence electrons. The van der Waals surface area contributed by atoms with Gasteiger partial charge in [0, 0.05) is 12.0 Å². The first kappa shape index (κ1) is 21.0. The Bertz CT molecular complexity index is 1000. The van der Waals surface area contributed by atoms with Crippen molar-refractivity contribution in [2.45, 2.75) is 19.4 Å². The van der Waals surface area contributed by atoms with E-state index in [9.17, 15) is 13.6 Å². The van der Waals surface area contributed by atoms with Crippen molar-refractivity contribution in [1.29, 1.82) is 0 Å². The van der Waals surface area contributed by atoms with Crippen molar-refractivity contribution >= 4 is 29.1 Å². The first-order valence-corrected chi connectivity index (χ1v) is 9.65. The van der Waals surface area contributed by atoms with Crippen LogP contribution in [0.25, 0.3) is 10.4 Å². The second-order valence-electron chi connectivity index (χ2n) is 6.08. The van der Waals surface area contributed by atoms with Gasteiger partial charge >= 0.3 is 5.97 Å². The molecule has 0 aliphatic rings. The first-order chi connectivity index (χ1) is 13.9. The Morgan fingerprint density at radius 3 is 2.45 bits per heavy atom. The molecule has 5 nitrogen and oxygen atoms in total. The van der Waals surface area contributed by atoms with E-state index >= 15 is 0 Å². The molecule has 0 saturated heterocycles. The summed E-state index contributed by atoms with van der Waals surface area (Å²) in [5.41, 5.74) is 1.57. The fraction of sp³-hybridized carbons (Fsp3) is 0.200. The summed E-state index contributed by atoms with van der Waals surface area (Å²) in [5.74, 6) is -2.72. The smallest absolute Gasteiger partial charge is 0.303 e. The second kappa shape index (κ2) is 9.19. The van der Waals surface area contributed by atoms with E-state index in [4.69, 9.17) is 26.2 Å². The zero-order chi connectivity index (χ0) is 21.0. The molecule has 0 amide bonds. The van der Waals surface area contributed by atoms with E-state index in [0.29, 0.717) is 11.3 Å². The van der Waals surface area contributed by atoms with Gasteiger partial charge in [0.05, 0.1) is 12.0 Å². The van der Waals surface area contributed by atoms with Crippen LogP contribution in [0.15, 0.2) is 36.4 Å².